The maximum absolute atomic E-state index is 13.5. The molecule has 1 amide bonds. The van der Waals surface area contributed by atoms with Gasteiger partial charge in [-0.2, -0.15) is 0 Å². The van der Waals surface area contributed by atoms with E-state index in [1.54, 1.807) is 0 Å². The molecule has 0 saturated heterocycles. The van der Waals surface area contributed by atoms with Gasteiger partial charge in [0.2, 0.25) is 0 Å². The van der Waals surface area contributed by atoms with Gasteiger partial charge in [0.15, 0.2) is 0 Å². The van der Waals surface area contributed by atoms with Crippen LogP contribution in [0.3, 0.4) is 0 Å². The number of hydrogen-bond donors (Lipinski definition) is 1. The number of aliphatic hydroxyl groups is 1. The lowest BCUT2D eigenvalue weighted by atomic mass is 10.1. The molecule has 2 rings (SSSR count). The molecular weight excluding hydrogens is 279 g/mol. The van der Waals surface area contributed by atoms with Crippen LogP contribution in [-0.4, -0.2) is 40.5 Å². The van der Waals surface area contributed by atoms with Gasteiger partial charge in [0.25, 0.3) is 11.6 Å². The Morgan fingerprint density at radius 3 is 2.71 bits per heavy atom. The molecule has 1 aliphatic rings. The van der Waals surface area contributed by atoms with Crippen LogP contribution in [-0.2, 0) is 0 Å². The number of carbonyl (C=O) groups is 1. The normalized spacial score (nSPS) is 15.6. The molecule has 1 atom stereocenters. The summed E-state index contributed by atoms with van der Waals surface area (Å²) in [5.74, 6) is -1.17. The van der Waals surface area contributed by atoms with E-state index in [0.29, 0.717) is 0 Å². The molecule has 6 nitrogen and oxygen atoms in total. The molecular formula is C14H17FN2O4. The van der Waals surface area contributed by atoms with Crippen molar-refractivity contribution in [3.05, 3.63) is 39.2 Å². The standard InChI is InChI=1S/C14H17FN2O4/c1-8-5-10(15)6-11(13(8)17(20)21)14(19)16(2)7-12(18)9-3-4-9/h5-6,9,12,18H,3-4,7H2,1-2H3. The highest BCUT2D eigenvalue weighted by Gasteiger charge is 2.33. The van der Waals surface area contributed by atoms with Crippen LogP contribution in [0, 0.1) is 28.8 Å². The molecule has 1 saturated carbocycles. The van der Waals surface area contributed by atoms with E-state index in [1.165, 1.54) is 18.9 Å². The van der Waals surface area contributed by atoms with Gasteiger partial charge < -0.3 is 10.0 Å². The van der Waals surface area contributed by atoms with E-state index in [4.69, 9.17) is 0 Å². The van der Waals surface area contributed by atoms with Gasteiger partial charge in [0.05, 0.1) is 11.0 Å². The Bertz CT molecular complexity index is 587. The number of halogens is 1. The largest absolute Gasteiger partial charge is 0.391 e. The zero-order chi connectivity index (χ0) is 15.7. The van der Waals surface area contributed by atoms with Crippen molar-refractivity contribution >= 4 is 11.6 Å². The molecule has 1 N–H and O–H groups in total. The van der Waals surface area contributed by atoms with Crippen molar-refractivity contribution in [2.45, 2.75) is 25.9 Å². The number of nitrogens with zero attached hydrogens (tertiary/aromatic N) is 2. The zero-order valence-electron chi connectivity index (χ0n) is 11.9. The van der Waals surface area contributed by atoms with Gasteiger partial charge in [-0.25, -0.2) is 4.39 Å². The van der Waals surface area contributed by atoms with Crippen LogP contribution in [0.25, 0.3) is 0 Å². The second kappa shape index (κ2) is 5.77. The third-order valence-electron chi connectivity index (χ3n) is 3.65. The van der Waals surface area contributed by atoms with Gasteiger partial charge in [-0.3, -0.25) is 14.9 Å². The summed E-state index contributed by atoms with van der Waals surface area (Å²) in [7, 11) is 1.44. The minimum Gasteiger partial charge on any atom is -0.391 e. The highest BCUT2D eigenvalue weighted by atomic mass is 19.1. The number of hydrogen-bond acceptors (Lipinski definition) is 4. The molecule has 1 aliphatic carbocycles. The first-order valence-corrected chi connectivity index (χ1v) is 6.69. The lowest BCUT2D eigenvalue weighted by Crippen LogP contribution is -2.35. The van der Waals surface area contributed by atoms with Crippen LogP contribution >= 0.6 is 0 Å². The quantitative estimate of drug-likeness (QED) is 0.664. The van der Waals surface area contributed by atoms with Crippen molar-refractivity contribution in [2.75, 3.05) is 13.6 Å². The van der Waals surface area contributed by atoms with E-state index in [9.17, 15) is 24.4 Å². The van der Waals surface area contributed by atoms with Crippen molar-refractivity contribution in [3.63, 3.8) is 0 Å². The van der Waals surface area contributed by atoms with E-state index in [2.05, 4.69) is 0 Å². The molecule has 114 valence electrons. The number of amides is 1. The summed E-state index contributed by atoms with van der Waals surface area (Å²) in [6, 6.07) is 1.89. The third kappa shape index (κ3) is 3.36. The summed E-state index contributed by atoms with van der Waals surface area (Å²) in [6.07, 6.45) is 1.19. The Morgan fingerprint density at radius 2 is 2.19 bits per heavy atom. The minimum absolute atomic E-state index is 0.0796. The van der Waals surface area contributed by atoms with Gasteiger partial charge >= 0.3 is 0 Å². The third-order valence-corrected chi connectivity index (χ3v) is 3.65. The number of nitro groups is 1. The fraction of sp³-hybridized carbons (Fsp3) is 0.500. The Kier molecular flexibility index (Phi) is 4.22. The second-order valence-corrected chi connectivity index (χ2v) is 5.47. The molecule has 0 heterocycles. The first-order chi connectivity index (χ1) is 9.81. The summed E-state index contributed by atoms with van der Waals surface area (Å²) < 4.78 is 13.5. The number of likely N-dealkylation sites (N-methyl/N-ethyl adjacent to an activating group) is 1. The summed E-state index contributed by atoms with van der Waals surface area (Å²) in [4.78, 5) is 23.9. The summed E-state index contributed by atoms with van der Waals surface area (Å²) >= 11 is 0. The molecule has 21 heavy (non-hydrogen) atoms. The first kappa shape index (κ1) is 15.4. The number of nitro benzene ring substituents is 1. The van der Waals surface area contributed by atoms with Crippen molar-refractivity contribution in [2.24, 2.45) is 5.92 Å². The Morgan fingerprint density at radius 1 is 1.57 bits per heavy atom. The summed E-state index contributed by atoms with van der Waals surface area (Å²) in [6.45, 7) is 1.47. The van der Waals surface area contributed by atoms with Crippen molar-refractivity contribution in [3.8, 4) is 0 Å². The summed E-state index contributed by atoms with van der Waals surface area (Å²) in [5.41, 5.74) is -0.586. The van der Waals surface area contributed by atoms with Crippen molar-refractivity contribution in [1.82, 2.24) is 4.90 Å². The number of aryl methyl sites for hydroxylation is 1. The van der Waals surface area contributed by atoms with Crippen molar-refractivity contribution < 1.29 is 19.2 Å². The van der Waals surface area contributed by atoms with Gasteiger partial charge in [0, 0.05) is 19.2 Å². The van der Waals surface area contributed by atoms with Crippen molar-refractivity contribution in [1.29, 1.82) is 0 Å². The van der Waals surface area contributed by atoms with Crippen LogP contribution in [0.4, 0.5) is 10.1 Å². The number of benzene rings is 1. The van der Waals surface area contributed by atoms with E-state index >= 15 is 0 Å². The maximum Gasteiger partial charge on any atom is 0.285 e. The molecule has 0 aliphatic heterocycles. The topological polar surface area (TPSA) is 83.7 Å². The lowest BCUT2D eigenvalue weighted by Gasteiger charge is -2.21. The average molecular weight is 296 g/mol. The van der Waals surface area contributed by atoms with E-state index in [-0.39, 0.29) is 23.6 Å². The van der Waals surface area contributed by atoms with Gasteiger partial charge in [-0.05, 0) is 37.8 Å². The van der Waals surface area contributed by atoms with Gasteiger partial charge in [-0.1, -0.05) is 0 Å². The summed E-state index contributed by atoms with van der Waals surface area (Å²) in [5, 5.41) is 20.9. The van der Waals surface area contributed by atoms with Gasteiger partial charge in [-0.15, -0.1) is 0 Å². The highest BCUT2D eigenvalue weighted by molar-refractivity contribution is 5.98. The van der Waals surface area contributed by atoms with Crippen LogP contribution in [0.5, 0.6) is 0 Å². The monoisotopic (exact) mass is 296 g/mol. The average Bonchev–Trinajstić information content (AvgIpc) is 3.20. The zero-order valence-corrected chi connectivity index (χ0v) is 11.9. The van der Waals surface area contributed by atoms with Crippen LogP contribution in [0.1, 0.15) is 28.8 Å². The molecule has 1 unspecified atom stereocenters. The Hall–Kier alpha value is -2.02. The Labute approximate surface area is 121 Å². The SMILES string of the molecule is Cc1cc(F)cc(C(=O)N(C)CC(O)C2CC2)c1[N+](=O)[O-]. The van der Waals surface area contributed by atoms with Gasteiger partial charge in [0.1, 0.15) is 11.4 Å². The fourth-order valence-corrected chi connectivity index (χ4v) is 2.34. The first-order valence-electron chi connectivity index (χ1n) is 6.69. The minimum atomic E-state index is -0.697. The highest BCUT2D eigenvalue weighted by Crippen LogP contribution is 2.33. The van der Waals surface area contributed by atoms with Crippen LogP contribution in [0.15, 0.2) is 12.1 Å². The molecule has 1 aromatic carbocycles. The number of carbonyl (C=O) groups excluding carboxylic acids is 1. The molecule has 1 fully saturated rings. The predicted octanol–water partition coefficient (Wildman–Crippen LogP) is 1.89. The number of aliphatic hydroxyl groups excluding tert-OH is 1. The van der Waals surface area contributed by atoms with E-state index < -0.39 is 28.4 Å². The molecule has 7 heteroatoms. The fourth-order valence-electron chi connectivity index (χ4n) is 2.34. The maximum atomic E-state index is 13.5. The second-order valence-electron chi connectivity index (χ2n) is 5.47. The smallest absolute Gasteiger partial charge is 0.285 e. The lowest BCUT2D eigenvalue weighted by molar-refractivity contribution is -0.385. The molecule has 1 aromatic rings. The Balaban J connectivity index is 2.26. The van der Waals surface area contributed by atoms with Crippen LogP contribution < -0.4 is 0 Å². The molecule has 0 spiro atoms. The molecule has 0 radical (unpaired) electrons. The number of rotatable bonds is 5. The van der Waals surface area contributed by atoms with E-state index in [1.807, 2.05) is 0 Å². The van der Waals surface area contributed by atoms with E-state index in [0.717, 1.165) is 25.0 Å². The molecule has 0 bridgehead atoms. The molecule has 0 aromatic heterocycles. The van der Waals surface area contributed by atoms with Crippen LogP contribution in [0.2, 0.25) is 0 Å². The predicted molar refractivity (Wildman–Crippen MR) is 73.5 cm³/mol.